The van der Waals surface area contributed by atoms with Crippen molar-refractivity contribution in [2.24, 2.45) is 4.99 Å². The van der Waals surface area contributed by atoms with Crippen LogP contribution in [0, 0.1) is 0 Å². The summed E-state index contributed by atoms with van der Waals surface area (Å²) in [6, 6.07) is 0.390. The third kappa shape index (κ3) is 15.2. The van der Waals surface area contributed by atoms with Crippen molar-refractivity contribution in [2.45, 2.75) is 65.3 Å². The zero-order chi connectivity index (χ0) is 16.8. The zero-order valence-corrected chi connectivity index (χ0v) is 18.2. The molecule has 0 aromatic rings. The van der Waals surface area contributed by atoms with E-state index < -0.39 is 10.0 Å². The number of nitrogens with zero attached hydrogens (tertiary/aromatic N) is 1. The summed E-state index contributed by atoms with van der Waals surface area (Å²) in [7, 11) is -1.33. The van der Waals surface area contributed by atoms with E-state index in [4.69, 9.17) is 0 Å². The molecule has 3 N–H and O–H groups in total. The van der Waals surface area contributed by atoms with Gasteiger partial charge in [0.25, 0.3) is 0 Å². The number of rotatable bonds is 12. The van der Waals surface area contributed by atoms with Gasteiger partial charge in [0.2, 0.25) is 10.0 Å². The van der Waals surface area contributed by atoms with E-state index >= 15 is 0 Å². The largest absolute Gasteiger partial charge is 0.356 e. The fourth-order valence-electron chi connectivity index (χ4n) is 2.00. The Balaban J connectivity index is 0. The Labute approximate surface area is 159 Å². The number of halogens is 1. The molecular weight excluding hydrogens is 427 g/mol. The van der Waals surface area contributed by atoms with Crippen LogP contribution in [0.5, 0.6) is 0 Å². The second-order valence-electron chi connectivity index (χ2n) is 5.55. The van der Waals surface area contributed by atoms with Crippen LogP contribution in [0.2, 0.25) is 0 Å². The molecule has 140 valence electrons. The van der Waals surface area contributed by atoms with Crippen LogP contribution in [0.15, 0.2) is 4.99 Å². The average molecular weight is 462 g/mol. The number of unbranched alkanes of at least 4 members (excludes halogenated alkanes) is 3. The summed E-state index contributed by atoms with van der Waals surface area (Å²) in [5, 5.41) is 6.57. The van der Waals surface area contributed by atoms with Crippen LogP contribution in [-0.2, 0) is 10.0 Å². The van der Waals surface area contributed by atoms with Crippen LogP contribution < -0.4 is 15.4 Å². The molecule has 0 aromatic heterocycles. The molecule has 1 unspecified atom stereocenters. The van der Waals surface area contributed by atoms with Gasteiger partial charge in [-0.3, -0.25) is 4.99 Å². The van der Waals surface area contributed by atoms with Gasteiger partial charge in [-0.15, -0.1) is 24.0 Å². The highest BCUT2D eigenvalue weighted by molar-refractivity contribution is 14.0. The van der Waals surface area contributed by atoms with Crippen molar-refractivity contribution in [1.29, 1.82) is 0 Å². The second kappa shape index (κ2) is 15.4. The Kier molecular flexibility index (Phi) is 16.9. The molecule has 0 amide bonds. The summed E-state index contributed by atoms with van der Waals surface area (Å²) in [6.45, 7) is 7.15. The fraction of sp³-hybridized carbons (Fsp3) is 0.933. The zero-order valence-electron chi connectivity index (χ0n) is 15.0. The van der Waals surface area contributed by atoms with Crippen molar-refractivity contribution in [3.8, 4) is 0 Å². The monoisotopic (exact) mass is 462 g/mol. The molecule has 0 aliphatic rings. The predicted octanol–water partition coefficient (Wildman–Crippen LogP) is 2.46. The Hall–Kier alpha value is -0.0900. The van der Waals surface area contributed by atoms with E-state index in [9.17, 15) is 8.42 Å². The number of hydrogen-bond donors (Lipinski definition) is 3. The Morgan fingerprint density at radius 3 is 2.35 bits per heavy atom. The van der Waals surface area contributed by atoms with Gasteiger partial charge < -0.3 is 10.6 Å². The lowest BCUT2D eigenvalue weighted by Gasteiger charge is -2.18. The van der Waals surface area contributed by atoms with Gasteiger partial charge in [0.1, 0.15) is 0 Å². The Morgan fingerprint density at radius 2 is 1.78 bits per heavy atom. The topological polar surface area (TPSA) is 82.6 Å². The molecule has 0 heterocycles. The van der Waals surface area contributed by atoms with E-state index in [1.807, 2.05) is 0 Å². The Bertz CT molecular complexity index is 402. The summed E-state index contributed by atoms with van der Waals surface area (Å²) in [5.74, 6) is 0.903. The summed E-state index contributed by atoms with van der Waals surface area (Å²) >= 11 is 0. The van der Waals surface area contributed by atoms with Gasteiger partial charge in [0.05, 0.1) is 5.75 Å². The van der Waals surface area contributed by atoms with E-state index in [1.165, 1.54) is 25.7 Å². The van der Waals surface area contributed by atoms with Crippen molar-refractivity contribution >= 4 is 40.0 Å². The minimum atomic E-state index is -3.08. The first kappa shape index (κ1) is 25.2. The molecule has 0 saturated heterocycles. The van der Waals surface area contributed by atoms with Crippen molar-refractivity contribution in [3.63, 3.8) is 0 Å². The molecule has 0 fully saturated rings. The molecule has 6 nitrogen and oxygen atoms in total. The molecule has 23 heavy (non-hydrogen) atoms. The minimum Gasteiger partial charge on any atom is -0.356 e. The number of nitrogens with one attached hydrogen (secondary N) is 3. The number of sulfonamides is 1. The number of guanidine groups is 1. The maximum Gasteiger partial charge on any atom is 0.211 e. The molecule has 0 aliphatic carbocycles. The highest BCUT2D eigenvalue weighted by atomic mass is 127. The van der Waals surface area contributed by atoms with E-state index in [0.717, 1.165) is 18.8 Å². The lowest BCUT2D eigenvalue weighted by molar-refractivity contribution is 0.536. The summed E-state index contributed by atoms with van der Waals surface area (Å²) < 4.78 is 25.1. The minimum absolute atomic E-state index is 0. The molecule has 0 saturated carbocycles. The lowest BCUT2D eigenvalue weighted by Crippen LogP contribution is -2.43. The van der Waals surface area contributed by atoms with E-state index in [1.54, 1.807) is 14.0 Å². The van der Waals surface area contributed by atoms with Crippen LogP contribution in [0.4, 0.5) is 0 Å². The van der Waals surface area contributed by atoms with Crippen LogP contribution in [-0.4, -0.2) is 46.3 Å². The highest BCUT2D eigenvalue weighted by Crippen LogP contribution is 2.04. The number of aliphatic imine (C=N–C) groups is 1. The van der Waals surface area contributed by atoms with Gasteiger partial charge in [-0.2, -0.15) is 0 Å². The highest BCUT2D eigenvalue weighted by Gasteiger charge is 2.06. The van der Waals surface area contributed by atoms with Crippen molar-refractivity contribution in [1.82, 2.24) is 15.4 Å². The van der Waals surface area contributed by atoms with Crippen LogP contribution in [0.1, 0.15) is 59.3 Å². The van der Waals surface area contributed by atoms with Gasteiger partial charge in [0.15, 0.2) is 5.96 Å². The van der Waals surface area contributed by atoms with Crippen molar-refractivity contribution in [2.75, 3.05) is 25.9 Å². The first-order valence-electron chi connectivity index (χ1n) is 8.39. The lowest BCUT2D eigenvalue weighted by atomic mass is 10.1. The third-order valence-electron chi connectivity index (χ3n) is 3.45. The standard InChI is InChI=1S/C15H34N4O2S.HI/c1-5-7-8-9-11-14(3)19-15(16-4)17-12-10-13-18-22(20,21)6-2;/h14,18H,5-13H2,1-4H3,(H2,16,17,19);1H. The van der Waals surface area contributed by atoms with E-state index in [2.05, 4.69) is 34.2 Å². The van der Waals surface area contributed by atoms with Gasteiger partial charge in [-0.25, -0.2) is 13.1 Å². The van der Waals surface area contributed by atoms with Gasteiger partial charge in [-0.1, -0.05) is 32.6 Å². The maximum atomic E-state index is 11.3. The van der Waals surface area contributed by atoms with Crippen molar-refractivity contribution in [3.05, 3.63) is 0 Å². The van der Waals surface area contributed by atoms with Crippen LogP contribution in [0.25, 0.3) is 0 Å². The molecule has 0 bridgehead atoms. The summed E-state index contributed by atoms with van der Waals surface area (Å²) in [6.07, 6.45) is 6.94. The second-order valence-corrected chi connectivity index (χ2v) is 7.64. The first-order chi connectivity index (χ1) is 10.4. The van der Waals surface area contributed by atoms with E-state index in [0.29, 0.717) is 19.1 Å². The maximum absolute atomic E-state index is 11.3. The smallest absolute Gasteiger partial charge is 0.211 e. The van der Waals surface area contributed by atoms with Gasteiger partial charge >= 0.3 is 0 Å². The van der Waals surface area contributed by atoms with Crippen LogP contribution in [0.3, 0.4) is 0 Å². The molecular formula is C15H35IN4O2S. The normalized spacial score (nSPS) is 13.3. The molecule has 0 aromatic carbocycles. The fourth-order valence-corrected chi connectivity index (χ4v) is 2.66. The van der Waals surface area contributed by atoms with Gasteiger partial charge in [0, 0.05) is 26.2 Å². The average Bonchev–Trinajstić information content (AvgIpc) is 2.50. The quantitative estimate of drug-likeness (QED) is 0.180. The van der Waals surface area contributed by atoms with Crippen LogP contribution >= 0.6 is 24.0 Å². The third-order valence-corrected chi connectivity index (χ3v) is 4.85. The number of hydrogen-bond acceptors (Lipinski definition) is 3. The SMILES string of the molecule is CCCCCCC(C)NC(=NC)NCCCNS(=O)(=O)CC.I. The van der Waals surface area contributed by atoms with Gasteiger partial charge in [-0.05, 0) is 26.7 Å². The van der Waals surface area contributed by atoms with E-state index in [-0.39, 0.29) is 29.7 Å². The summed E-state index contributed by atoms with van der Waals surface area (Å²) in [5.41, 5.74) is 0. The molecule has 0 aliphatic heterocycles. The Morgan fingerprint density at radius 1 is 1.09 bits per heavy atom. The predicted molar refractivity (Wildman–Crippen MR) is 110 cm³/mol. The molecule has 0 rings (SSSR count). The van der Waals surface area contributed by atoms with Crippen molar-refractivity contribution < 1.29 is 8.42 Å². The molecule has 0 spiro atoms. The molecule has 1 atom stereocenters. The summed E-state index contributed by atoms with van der Waals surface area (Å²) in [4.78, 5) is 4.19. The first-order valence-corrected chi connectivity index (χ1v) is 10.0. The molecule has 0 radical (unpaired) electrons. The molecule has 8 heteroatoms.